The van der Waals surface area contributed by atoms with Crippen molar-refractivity contribution in [3.05, 3.63) is 35.4 Å². The Kier molecular flexibility index (Phi) is 9.78. The van der Waals surface area contributed by atoms with Crippen molar-refractivity contribution in [2.75, 3.05) is 20.1 Å². The Morgan fingerprint density at radius 2 is 1.69 bits per heavy atom. The number of carbonyl (C=O) groups excluding carboxylic acids is 1. The average molecular weight is 361 g/mol. The number of hydrogen-bond acceptors (Lipinski definition) is 2. The predicted octanol–water partition coefficient (Wildman–Crippen LogP) is 3.66. The second-order valence-electron chi connectivity index (χ2n) is 7.12. The van der Waals surface area contributed by atoms with Gasteiger partial charge in [0, 0.05) is 38.3 Å². The van der Waals surface area contributed by atoms with Crippen LogP contribution < -0.4 is 10.6 Å². The molecule has 5 heteroatoms. The van der Waals surface area contributed by atoms with E-state index in [2.05, 4.69) is 36.4 Å². The smallest absolute Gasteiger partial charge is 0.253 e. The summed E-state index contributed by atoms with van der Waals surface area (Å²) in [6.45, 7) is 12.8. The van der Waals surface area contributed by atoms with E-state index in [0.29, 0.717) is 18.5 Å². The monoisotopic (exact) mass is 360 g/mol. The van der Waals surface area contributed by atoms with Gasteiger partial charge in [0.05, 0.1) is 0 Å². The summed E-state index contributed by atoms with van der Waals surface area (Å²) < 4.78 is 0. The molecule has 1 atom stereocenters. The zero-order valence-corrected chi connectivity index (χ0v) is 17.3. The van der Waals surface area contributed by atoms with Crippen LogP contribution >= 0.6 is 0 Å². The molecule has 1 aromatic rings. The normalized spacial score (nSPS) is 12.8. The maximum atomic E-state index is 12.3. The molecule has 1 unspecified atom stereocenters. The molecule has 1 aromatic carbocycles. The molecule has 0 radical (unpaired) electrons. The Bertz CT molecular complexity index is 562. The first-order valence-corrected chi connectivity index (χ1v) is 9.76. The highest BCUT2D eigenvalue weighted by molar-refractivity contribution is 5.94. The highest BCUT2D eigenvalue weighted by Gasteiger charge is 2.12. The van der Waals surface area contributed by atoms with E-state index >= 15 is 0 Å². The lowest BCUT2D eigenvalue weighted by atomic mass is 10.0. The summed E-state index contributed by atoms with van der Waals surface area (Å²) in [4.78, 5) is 18.5. The highest BCUT2D eigenvalue weighted by Crippen LogP contribution is 2.08. The summed E-state index contributed by atoms with van der Waals surface area (Å²) in [7, 11) is 1.79. The van der Waals surface area contributed by atoms with E-state index in [9.17, 15) is 4.79 Å². The first-order chi connectivity index (χ1) is 12.4. The molecule has 0 fully saturated rings. The Labute approximate surface area is 159 Å². The molecular formula is C21H36N4O. The van der Waals surface area contributed by atoms with E-state index in [1.807, 2.05) is 43.0 Å². The van der Waals surface area contributed by atoms with Crippen LogP contribution in [0.3, 0.4) is 0 Å². The van der Waals surface area contributed by atoms with Crippen LogP contribution in [-0.2, 0) is 6.54 Å². The number of carbonyl (C=O) groups is 1. The molecule has 0 aliphatic carbocycles. The highest BCUT2D eigenvalue weighted by atomic mass is 16.2. The fraction of sp³-hybridized carbons (Fsp3) is 0.619. The summed E-state index contributed by atoms with van der Waals surface area (Å²) in [6, 6.07) is 8.19. The Hall–Kier alpha value is -2.04. The van der Waals surface area contributed by atoms with E-state index in [1.54, 1.807) is 7.05 Å². The fourth-order valence-corrected chi connectivity index (χ4v) is 2.73. The van der Waals surface area contributed by atoms with Gasteiger partial charge >= 0.3 is 0 Å². The number of amides is 1. The number of aliphatic imine (C=N–C) groups is 1. The third-order valence-electron chi connectivity index (χ3n) is 4.50. The van der Waals surface area contributed by atoms with Crippen LogP contribution in [0.1, 0.15) is 63.4 Å². The van der Waals surface area contributed by atoms with Crippen molar-refractivity contribution < 1.29 is 4.79 Å². The molecule has 0 aromatic heterocycles. The van der Waals surface area contributed by atoms with Gasteiger partial charge < -0.3 is 15.5 Å². The summed E-state index contributed by atoms with van der Waals surface area (Å²) in [5, 5.41) is 6.77. The molecule has 0 aliphatic rings. The zero-order valence-electron chi connectivity index (χ0n) is 17.3. The van der Waals surface area contributed by atoms with Gasteiger partial charge in [-0.15, -0.1) is 0 Å². The molecule has 2 N–H and O–H groups in total. The molecule has 0 saturated heterocycles. The van der Waals surface area contributed by atoms with Gasteiger partial charge in [-0.1, -0.05) is 26.0 Å². The minimum absolute atomic E-state index is 0.0889. The number of benzene rings is 1. The third-order valence-corrected chi connectivity index (χ3v) is 4.50. The largest absolute Gasteiger partial charge is 0.354 e. The van der Waals surface area contributed by atoms with E-state index in [-0.39, 0.29) is 5.91 Å². The SMILES string of the molecule is CCN(CC)C(=O)c1ccc(CNC(=NC)NC(C)CCC(C)C)cc1. The number of hydrogen-bond donors (Lipinski definition) is 2. The van der Waals surface area contributed by atoms with Crippen LogP contribution in [0.4, 0.5) is 0 Å². The fourth-order valence-electron chi connectivity index (χ4n) is 2.73. The lowest BCUT2D eigenvalue weighted by molar-refractivity contribution is 0.0773. The minimum Gasteiger partial charge on any atom is -0.354 e. The van der Waals surface area contributed by atoms with E-state index in [0.717, 1.165) is 36.6 Å². The lowest BCUT2D eigenvalue weighted by Gasteiger charge is -2.19. The van der Waals surface area contributed by atoms with Gasteiger partial charge in [-0.05, 0) is 57.2 Å². The van der Waals surface area contributed by atoms with Crippen LogP contribution in [0.15, 0.2) is 29.3 Å². The molecule has 5 nitrogen and oxygen atoms in total. The van der Waals surface area contributed by atoms with Gasteiger partial charge in [-0.2, -0.15) is 0 Å². The molecule has 26 heavy (non-hydrogen) atoms. The lowest BCUT2D eigenvalue weighted by Crippen LogP contribution is -2.41. The van der Waals surface area contributed by atoms with Crippen molar-refractivity contribution in [1.82, 2.24) is 15.5 Å². The molecule has 0 heterocycles. The molecule has 1 rings (SSSR count). The van der Waals surface area contributed by atoms with E-state index in [1.165, 1.54) is 6.42 Å². The number of nitrogens with one attached hydrogen (secondary N) is 2. The average Bonchev–Trinajstić information content (AvgIpc) is 2.64. The van der Waals surface area contributed by atoms with Crippen LogP contribution in [0.25, 0.3) is 0 Å². The Morgan fingerprint density at radius 3 is 2.19 bits per heavy atom. The standard InChI is InChI=1S/C21H36N4O/c1-7-25(8-2)20(26)19-13-11-18(12-14-19)15-23-21(22-6)24-17(5)10-9-16(3)4/h11-14,16-17H,7-10,15H2,1-6H3,(H2,22,23,24). The molecule has 0 saturated carbocycles. The van der Waals surface area contributed by atoms with Gasteiger partial charge in [0.1, 0.15) is 0 Å². The van der Waals surface area contributed by atoms with Gasteiger partial charge in [0.2, 0.25) is 0 Å². The predicted molar refractivity (Wildman–Crippen MR) is 111 cm³/mol. The van der Waals surface area contributed by atoms with Crippen molar-refractivity contribution in [2.24, 2.45) is 10.9 Å². The van der Waals surface area contributed by atoms with Crippen LogP contribution in [0.5, 0.6) is 0 Å². The second-order valence-corrected chi connectivity index (χ2v) is 7.12. The third kappa shape index (κ3) is 7.46. The van der Waals surface area contributed by atoms with Gasteiger partial charge in [-0.25, -0.2) is 0 Å². The second kappa shape index (κ2) is 11.6. The van der Waals surface area contributed by atoms with Crippen molar-refractivity contribution in [3.8, 4) is 0 Å². The summed E-state index contributed by atoms with van der Waals surface area (Å²) in [5.74, 6) is 1.61. The molecule has 146 valence electrons. The van der Waals surface area contributed by atoms with Gasteiger partial charge in [0.15, 0.2) is 5.96 Å². The van der Waals surface area contributed by atoms with Crippen LogP contribution in [0.2, 0.25) is 0 Å². The van der Waals surface area contributed by atoms with Crippen molar-refractivity contribution >= 4 is 11.9 Å². The van der Waals surface area contributed by atoms with Crippen LogP contribution in [-0.4, -0.2) is 42.9 Å². The summed E-state index contributed by atoms with van der Waals surface area (Å²) in [6.07, 6.45) is 2.33. The Balaban J connectivity index is 2.54. The number of rotatable bonds is 9. The first kappa shape index (κ1) is 22.0. The van der Waals surface area contributed by atoms with Crippen molar-refractivity contribution in [3.63, 3.8) is 0 Å². The molecule has 1 amide bonds. The Morgan fingerprint density at radius 1 is 1.08 bits per heavy atom. The summed E-state index contributed by atoms with van der Waals surface area (Å²) in [5.41, 5.74) is 1.86. The first-order valence-electron chi connectivity index (χ1n) is 9.76. The van der Waals surface area contributed by atoms with Crippen molar-refractivity contribution in [2.45, 2.75) is 60.0 Å². The van der Waals surface area contributed by atoms with Gasteiger partial charge in [-0.3, -0.25) is 9.79 Å². The minimum atomic E-state index is 0.0889. The molecule has 0 bridgehead atoms. The maximum absolute atomic E-state index is 12.3. The van der Waals surface area contributed by atoms with Gasteiger partial charge in [0.25, 0.3) is 5.91 Å². The maximum Gasteiger partial charge on any atom is 0.253 e. The number of nitrogens with zero attached hydrogens (tertiary/aromatic N) is 2. The van der Waals surface area contributed by atoms with Crippen molar-refractivity contribution in [1.29, 1.82) is 0 Å². The number of guanidine groups is 1. The van der Waals surface area contributed by atoms with Crippen LogP contribution in [0, 0.1) is 5.92 Å². The molecule has 0 spiro atoms. The van der Waals surface area contributed by atoms with E-state index < -0.39 is 0 Å². The molecule has 0 aliphatic heterocycles. The molecular weight excluding hydrogens is 324 g/mol. The zero-order chi connectivity index (χ0) is 19.5. The topological polar surface area (TPSA) is 56.7 Å². The van der Waals surface area contributed by atoms with E-state index in [4.69, 9.17) is 0 Å². The quantitative estimate of drug-likeness (QED) is 0.522. The summed E-state index contributed by atoms with van der Waals surface area (Å²) >= 11 is 0.